The highest BCUT2D eigenvalue weighted by atomic mass is 79.9. The summed E-state index contributed by atoms with van der Waals surface area (Å²) < 4.78 is 11.4. The fourth-order valence-corrected chi connectivity index (χ4v) is 3.03. The third kappa shape index (κ3) is 4.23. The molecule has 1 fully saturated rings. The van der Waals surface area contributed by atoms with Crippen LogP contribution in [-0.2, 0) is 4.74 Å². The lowest BCUT2D eigenvalue weighted by Gasteiger charge is -2.21. The van der Waals surface area contributed by atoms with Crippen LogP contribution in [0.3, 0.4) is 0 Å². The van der Waals surface area contributed by atoms with Gasteiger partial charge >= 0.3 is 5.97 Å². The molecular formula is C16H21BrO3. The van der Waals surface area contributed by atoms with Gasteiger partial charge in [0, 0.05) is 0 Å². The van der Waals surface area contributed by atoms with Crippen molar-refractivity contribution in [2.75, 3.05) is 13.7 Å². The Morgan fingerprint density at radius 1 is 1.30 bits per heavy atom. The summed E-state index contributed by atoms with van der Waals surface area (Å²) in [6.45, 7) is 0.702. The quantitative estimate of drug-likeness (QED) is 0.735. The van der Waals surface area contributed by atoms with E-state index in [0.29, 0.717) is 17.9 Å². The van der Waals surface area contributed by atoms with Gasteiger partial charge in [0.15, 0.2) is 0 Å². The van der Waals surface area contributed by atoms with Crippen LogP contribution in [0.1, 0.15) is 48.9 Å². The van der Waals surface area contributed by atoms with Gasteiger partial charge in [-0.1, -0.05) is 32.1 Å². The number of halogens is 1. The van der Waals surface area contributed by atoms with Crippen LogP contribution >= 0.6 is 15.9 Å². The largest absolute Gasteiger partial charge is 0.492 e. The van der Waals surface area contributed by atoms with Gasteiger partial charge in [0.2, 0.25) is 0 Å². The lowest BCUT2D eigenvalue weighted by atomic mass is 9.87. The van der Waals surface area contributed by atoms with Gasteiger partial charge in [0.05, 0.1) is 23.8 Å². The molecule has 1 aliphatic rings. The van der Waals surface area contributed by atoms with Gasteiger partial charge < -0.3 is 9.47 Å². The van der Waals surface area contributed by atoms with E-state index < -0.39 is 0 Å². The molecule has 1 aromatic rings. The average Bonchev–Trinajstić information content (AvgIpc) is 2.49. The number of benzene rings is 1. The molecule has 0 atom stereocenters. The molecular weight excluding hydrogens is 320 g/mol. The third-order valence-electron chi connectivity index (χ3n) is 3.86. The maximum atomic E-state index is 11.5. The number of carbonyl (C=O) groups excluding carboxylic acids is 1. The summed E-state index contributed by atoms with van der Waals surface area (Å²) in [6, 6.07) is 5.28. The van der Waals surface area contributed by atoms with Crippen LogP contribution in [0.15, 0.2) is 22.7 Å². The van der Waals surface area contributed by atoms with E-state index in [9.17, 15) is 4.79 Å². The number of esters is 1. The Labute approximate surface area is 128 Å². The third-order valence-corrected chi connectivity index (χ3v) is 4.52. The van der Waals surface area contributed by atoms with Crippen LogP contribution in [0, 0.1) is 5.92 Å². The van der Waals surface area contributed by atoms with E-state index in [1.165, 1.54) is 39.2 Å². The molecule has 1 aliphatic carbocycles. The molecule has 4 heteroatoms. The SMILES string of the molecule is COC(=O)c1ccc(Br)c(OCCC2CCCCC2)c1. The summed E-state index contributed by atoms with van der Waals surface area (Å²) in [7, 11) is 1.38. The van der Waals surface area contributed by atoms with Crippen molar-refractivity contribution in [1.82, 2.24) is 0 Å². The van der Waals surface area contributed by atoms with Gasteiger partial charge in [0.1, 0.15) is 5.75 Å². The Hall–Kier alpha value is -1.03. The highest BCUT2D eigenvalue weighted by Gasteiger charge is 2.14. The molecule has 0 unspecified atom stereocenters. The van der Waals surface area contributed by atoms with Crippen molar-refractivity contribution >= 4 is 21.9 Å². The van der Waals surface area contributed by atoms with E-state index in [2.05, 4.69) is 15.9 Å². The Morgan fingerprint density at radius 3 is 2.75 bits per heavy atom. The molecule has 110 valence electrons. The van der Waals surface area contributed by atoms with Gasteiger partial charge in [-0.2, -0.15) is 0 Å². The summed E-state index contributed by atoms with van der Waals surface area (Å²) in [5, 5.41) is 0. The fourth-order valence-electron chi connectivity index (χ4n) is 2.67. The predicted octanol–water partition coefficient (Wildman–Crippen LogP) is 4.58. The molecule has 0 bridgehead atoms. The Bertz CT molecular complexity index is 453. The molecule has 1 aromatic carbocycles. The predicted molar refractivity (Wildman–Crippen MR) is 82.2 cm³/mol. The number of carbonyl (C=O) groups is 1. The molecule has 0 N–H and O–H groups in total. The second-order valence-corrected chi connectivity index (χ2v) is 6.13. The lowest BCUT2D eigenvalue weighted by molar-refractivity contribution is 0.0600. The standard InChI is InChI=1S/C16H21BrO3/c1-19-16(18)13-7-8-14(17)15(11-13)20-10-9-12-5-3-2-4-6-12/h7-8,11-12H,2-6,9-10H2,1H3. The number of hydrogen-bond donors (Lipinski definition) is 0. The van der Waals surface area contributed by atoms with Crippen LogP contribution in [0.4, 0.5) is 0 Å². The van der Waals surface area contributed by atoms with Gasteiger partial charge in [-0.15, -0.1) is 0 Å². The highest BCUT2D eigenvalue weighted by Crippen LogP contribution is 2.29. The van der Waals surface area contributed by atoms with Crippen molar-refractivity contribution in [1.29, 1.82) is 0 Å². The lowest BCUT2D eigenvalue weighted by Crippen LogP contribution is -2.11. The number of hydrogen-bond acceptors (Lipinski definition) is 3. The first kappa shape index (κ1) is 15.4. The number of rotatable bonds is 5. The minimum atomic E-state index is -0.338. The molecule has 0 heterocycles. The van der Waals surface area contributed by atoms with Crippen molar-refractivity contribution in [3.8, 4) is 5.75 Å². The summed E-state index contributed by atoms with van der Waals surface area (Å²) in [6.07, 6.45) is 7.83. The normalized spacial score (nSPS) is 15.9. The number of ether oxygens (including phenoxy) is 2. The van der Waals surface area contributed by atoms with E-state index >= 15 is 0 Å². The molecule has 0 amide bonds. The second kappa shape index (κ2) is 7.67. The molecule has 0 saturated heterocycles. The molecule has 0 aromatic heterocycles. The van der Waals surface area contributed by atoms with Gasteiger partial charge in [-0.3, -0.25) is 0 Å². The van der Waals surface area contributed by atoms with Crippen LogP contribution in [0.5, 0.6) is 5.75 Å². The topological polar surface area (TPSA) is 35.5 Å². The summed E-state index contributed by atoms with van der Waals surface area (Å²) >= 11 is 3.45. The summed E-state index contributed by atoms with van der Waals surface area (Å²) in [4.78, 5) is 11.5. The molecule has 0 spiro atoms. The fraction of sp³-hybridized carbons (Fsp3) is 0.562. The zero-order chi connectivity index (χ0) is 14.4. The monoisotopic (exact) mass is 340 g/mol. The summed E-state index contributed by atoms with van der Waals surface area (Å²) in [5.74, 6) is 1.17. The Kier molecular flexibility index (Phi) is 5.89. The van der Waals surface area contributed by atoms with Gasteiger partial charge in [-0.05, 0) is 46.5 Å². The highest BCUT2D eigenvalue weighted by molar-refractivity contribution is 9.10. The first-order chi connectivity index (χ1) is 9.70. The van der Waals surface area contributed by atoms with Gasteiger partial charge in [-0.25, -0.2) is 4.79 Å². The molecule has 3 nitrogen and oxygen atoms in total. The Balaban J connectivity index is 1.89. The maximum absolute atomic E-state index is 11.5. The van der Waals surface area contributed by atoms with E-state index in [-0.39, 0.29) is 5.97 Å². The van der Waals surface area contributed by atoms with E-state index in [1.807, 2.05) is 6.07 Å². The van der Waals surface area contributed by atoms with Crippen LogP contribution in [-0.4, -0.2) is 19.7 Å². The van der Waals surface area contributed by atoms with E-state index in [4.69, 9.17) is 9.47 Å². The summed E-state index contributed by atoms with van der Waals surface area (Å²) in [5.41, 5.74) is 0.517. The second-order valence-electron chi connectivity index (χ2n) is 5.28. The van der Waals surface area contributed by atoms with Crippen molar-refractivity contribution in [3.05, 3.63) is 28.2 Å². The number of methoxy groups -OCH3 is 1. The minimum Gasteiger partial charge on any atom is -0.492 e. The van der Waals surface area contributed by atoms with Crippen LogP contribution in [0.25, 0.3) is 0 Å². The zero-order valence-corrected chi connectivity index (χ0v) is 13.4. The Morgan fingerprint density at radius 2 is 2.05 bits per heavy atom. The molecule has 0 radical (unpaired) electrons. The van der Waals surface area contributed by atoms with E-state index in [1.54, 1.807) is 12.1 Å². The van der Waals surface area contributed by atoms with Crippen molar-refractivity contribution in [2.45, 2.75) is 38.5 Å². The van der Waals surface area contributed by atoms with Crippen molar-refractivity contribution in [3.63, 3.8) is 0 Å². The molecule has 1 saturated carbocycles. The zero-order valence-electron chi connectivity index (χ0n) is 11.9. The van der Waals surface area contributed by atoms with Crippen molar-refractivity contribution < 1.29 is 14.3 Å². The first-order valence-electron chi connectivity index (χ1n) is 7.21. The van der Waals surface area contributed by atoms with Gasteiger partial charge in [0.25, 0.3) is 0 Å². The van der Waals surface area contributed by atoms with E-state index in [0.717, 1.165) is 16.8 Å². The smallest absolute Gasteiger partial charge is 0.337 e. The molecule has 2 rings (SSSR count). The van der Waals surface area contributed by atoms with Crippen LogP contribution < -0.4 is 4.74 Å². The van der Waals surface area contributed by atoms with Crippen molar-refractivity contribution in [2.24, 2.45) is 5.92 Å². The minimum absolute atomic E-state index is 0.338. The maximum Gasteiger partial charge on any atom is 0.337 e. The molecule has 0 aliphatic heterocycles. The molecule has 20 heavy (non-hydrogen) atoms. The van der Waals surface area contributed by atoms with Crippen LogP contribution in [0.2, 0.25) is 0 Å². The average molecular weight is 341 g/mol. The first-order valence-corrected chi connectivity index (χ1v) is 8.00.